The molecule has 0 radical (unpaired) electrons. The second kappa shape index (κ2) is 7.45. The van der Waals surface area contributed by atoms with Crippen LogP contribution in [-0.4, -0.2) is 22.6 Å². The third kappa shape index (κ3) is 3.52. The molecule has 2 heterocycles. The van der Waals surface area contributed by atoms with E-state index in [2.05, 4.69) is 27.1 Å². The van der Waals surface area contributed by atoms with Crippen molar-refractivity contribution in [2.75, 3.05) is 22.5 Å². The highest BCUT2D eigenvalue weighted by Gasteiger charge is 2.25. The quantitative estimate of drug-likeness (QED) is 0.807. The summed E-state index contributed by atoms with van der Waals surface area (Å²) in [5.74, 6) is 1.33. The SMILES string of the molecule is CCC1CCCCN1c1ncnc(Nc2cc(Cl)ccc2Cl)c1N. The Morgan fingerprint density at radius 3 is 2.92 bits per heavy atom. The molecule has 1 unspecified atom stereocenters. The second-order valence-electron chi connectivity index (χ2n) is 5.96. The van der Waals surface area contributed by atoms with Gasteiger partial charge in [-0.05, 0) is 43.9 Å². The van der Waals surface area contributed by atoms with Gasteiger partial charge in [0.2, 0.25) is 0 Å². The lowest BCUT2D eigenvalue weighted by molar-refractivity contribution is 0.447. The van der Waals surface area contributed by atoms with Crippen molar-refractivity contribution in [3.63, 3.8) is 0 Å². The zero-order chi connectivity index (χ0) is 17.1. The number of rotatable bonds is 4. The molecule has 0 aliphatic carbocycles. The lowest BCUT2D eigenvalue weighted by Crippen LogP contribution is -2.40. The standard InChI is InChI=1S/C17H21Cl2N5/c1-2-12-5-3-4-8-24(12)17-15(20)16(21-10-22-17)23-14-9-11(18)6-7-13(14)19/h6-7,9-10,12H,2-5,8,20H2,1H3,(H,21,22,23). The number of anilines is 4. The summed E-state index contributed by atoms with van der Waals surface area (Å²) >= 11 is 12.3. The molecular formula is C17H21Cl2N5. The highest BCUT2D eigenvalue weighted by atomic mass is 35.5. The van der Waals surface area contributed by atoms with E-state index >= 15 is 0 Å². The van der Waals surface area contributed by atoms with Gasteiger partial charge in [0.05, 0.1) is 10.7 Å². The molecule has 1 saturated heterocycles. The number of nitrogens with two attached hydrogens (primary N) is 1. The molecule has 1 fully saturated rings. The lowest BCUT2D eigenvalue weighted by atomic mass is 10.00. The minimum absolute atomic E-state index is 0.471. The average Bonchev–Trinajstić information content (AvgIpc) is 2.60. The van der Waals surface area contributed by atoms with Crippen molar-refractivity contribution in [3.05, 3.63) is 34.6 Å². The number of aromatic nitrogens is 2. The van der Waals surface area contributed by atoms with E-state index in [1.165, 1.54) is 19.2 Å². The Morgan fingerprint density at radius 2 is 2.12 bits per heavy atom. The number of hydrogen-bond acceptors (Lipinski definition) is 5. The third-order valence-electron chi connectivity index (χ3n) is 4.41. The van der Waals surface area contributed by atoms with Crippen LogP contribution in [0.2, 0.25) is 10.0 Å². The second-order valence-corrected chi connectivity index (χ2v) is 6.80. The minimum atomic E-state index is 0.471. The maximum atomic E-state index is 6.36. The van der Waals surface area contributed by atoms with E-state index in [4.69, 9.17) is 28.9 Å². The van der Waals surface area contributed by atoms with E-state index in [1.54, 1.807) is 18.2 Å². The Bertz CT molecular complexity index is 722. The van der Waals surface area contributed by atoms with Crippen LogP contribution >= 0.6 is 23.2 Å². The number of piperidine rings is 1. The maximum Gasteiger partial charge on any atom is 0.159 e. The number of nitrogens with one attached hydrogen (secondary N) is 1. The summed E-state index contributed by atoms with van der Waals surface area (Å²) in [4.78, 5) is 11.0. The van der Waals surface area contributed by atoms with Gasteiger partial charge in [-0.2, -0.15) is 0 Å². The topological polar surface area (TPSA) is 67.1 Å². The zero-order valence-electron chi connectivity index (χ0n) is 13.6. The molecule has 0 spiro atoms. The van der Waals surface area contributed by atoms with Crippen molar-refractivity contribution in [1.29, 1.82) is 0 Å². The largest absolute Gasteiger partial charge is 0.393 e. The van der Waals surface area contributed by atoms with Crippen LogP contribution in [0.3, 0.4) is 0 Å². The molecule has 0 saturated carbocycles. The predicted octanol–water partition coefficient (Wildman–Crippen LogP) is 4.88. The van der Waals surface area contributed by atoms with E-state index < -0.39 is 0 Å². The molecule has 2 aromatic rings. The first-order chi connectivity index (χ1) is 11.6. The van der Waals surface area contributed by atoms with Crippen molar-refractivity contribution in [2.45, 2.75) is 38.6 Å². The van der Waals surface area contributed by atoms with E-state index in [9.17, 15) is 0 Å². The smallest absolute Gasteiger partial charge is 0.159 e. The van der Waals surface area contributed by atoms with Gasteiger partial charge in [0.25, 0.3) is 0 Å². The molecule has 1 aliphatic heterocycles. The molecule has 1 aromatic carbocycles. The monoisotopic (exact) mass is 365 g/mol. The number of benzene rings is 1. The zero-order valence-corrected chi connectivity index (χ0v) is 15.1. The van der Waals surface area contributed by atoms with Crippen molar-refractivity contribution in [2.24, 2.45) is 0 Å². The van der Waals surface area contributed by atoms with Crippen molar-refractivity contribution >= 4 is 46.2 Å². The van der Waals surface area contributed by atoms with Gasteiger partial charge in [0, 0.05) is 17.6 Å². The molecule has 1 aliphatic rings. The molecule has 0 bridgehead atoms. The first kappa shape index (κ1) is 17.1. The van der Waals surface area contributed by atoms with E-state index in [-0.39, 0.29) is 0 Å². The number of hydrogen-bond donors (Lipinski definition) is 2. The van der Waals surface area contributed by atoms with Gasteiger partial charge in [0.15, 0.2) is 11.6 Å². The molecule has 5 nitrogen and oxygen atoms in total. The van der Waals surface area contributed by atoms with Gasteiger partial charge in [-0.15, -0.1) is 0 Å². The van der Waals surface area contributed by atoms with Gasteiger partial charge in [-0.25, -0.2) is 9.97 Å². The fourth-order valence-corrected chi connectivity index (χ4v) is 3.48. The molecule has 128 valence electrons. The molecule has 3 rings (SSSR count). The molecule has 24 heavy (non-hydrogen) atoms. The van der Waals surface area contributed by atoms with Crippen molar-refractivity contribution < 1.29 is 0 Å². The molecule has 1 atom stereocenters. The Labute approximate surface area is 152 Å². The van der Waals surface area contributed by atoms with E-state index in [1.807, 2.05) is 0 Å². The maximum absolute atomic E-state index is 6.36. The average molecular weight is 366 g/mol. The fraction of sp³-hybridized carbons (Fsp3) is 0.412. The minimum Gasteiger partial charge on any atom is -0.393 e. The van der Waals surface area contributed by atoms with Crippen LogP contribution in [0.25, 0.3) is 0 Å². The van der Waals surface area contributed by atoms with Crippen LogP contribution in [0, 0.1) is 0 Å². The molecule has 3 N–H and O–H groups in total. The summed E-state index contributed by atoms with van der Waals surface area (Å²) in [5, 5.41) is 4.33. The summed E-state index contributed by atoms with van der Waals surface area (Å²) < 4.78 is 0. The Balaban J connectivity index is 1.92. The highest BCUT2D eigenvalue weighted by Crippen LogP contribution is 2.35. The van der Waals surface area contributed by atoms with Crippen LogP contribution in [0.1, 0.15) is 32.6 Å². The Morgan fingerprint density at radius 1 is 1.29 bits per heavy atom. The number of halogens is 2. The van der Waals surface area contributed by atoms with Gasteiger partial charge < -0.3 is 16.0 Å². The van der Waals surface area contributed by atoms with E-state index in [0.717, 1.165) is 25.2 Å². The number of nitrogen functional groups attached to an aromatic ring is 1. The van der Waals surface area contributed by atoms with Crippen molar-refractivity contribution in [3.8, 4) is 0 Å². The van der Waals surface area contributed by atoms with Crippen LogP contribution in [-0.2, 0) is 0 Å². The first-order valence-corrected chi connectivity index (χ1v) is 8.95. The van der Waals surface area contributed by atoms with Crippen LogP contribution in [0.4, 0.5) is 23.0 Å². The summed E-state index contributed by atoms with van der Waals surface area (Å²) in [6.07, 6.45) is 6.19. The third-order valence-corrected chi connectivity index (χ3v) is 4.98. The summed E-state index contributed by atoms with van der Waals surface area (Å²) in [7, 11) is 0. The summed E-state index contributed by atoms with van der Waals surface area (Å²) in [5.41, 5.74) is 7.57. The Hall–Kier alpha value is -1.72. The molecule has 7 heteroatoms. The van der Waals surface area contributed by atoms with Crippen LogP contribution < -0.4 is 16.0 Å². The summed E-state index contributed by atoms with van der Waals surface area (Å²) in [6.45, 7) is 3.17. The van der Waals surface area contributed by atoms with E-state index in [0.29, 0.717) is 33.3 Å². The normalized spacial score (nSPS) is 17.8. The first-order valence-electron chi connectivity index (χ1n) is 8.19. The van der Waals surface area contributed by atoms with Gasteiger partial charge in [-0.1, -0.05) is 30.1 Å². The van der Waals surface area contributed by atoms with Gasteiger partial charge >= 0.3 is 0 Å². The van der Waals surface area contributed by atoms with Crippen LogP contribution in [0.5, 0.6) is 0 Å². The molecule has 0 amide bonds. The predicted molar refractivity (Wildman–Crippen MR) is 101 cm³/mol. The Kier molecular flexibility index (Phi) is 5.31. The fourth-order valence-electron chi connectivity index (χ4n) is 3.14. The molecule has 1 aromatic heterocycles. The summed E-state index contributed by atoms with van der Waals surface area (Å²) in [6, 6.07) is 5.70. The number of nitrogens with zero attached hydrogens (tertiary/aromatic N) is 3. The highest BCUT2D eigenvalue weighted by molar-refractivity contribution is 6.35. The lowest BCUT2D eigenvalue weighted by Gasteiger charge is -2.36. The van der Waals surface area contributed by atoms with Crippen LogP contribution in [0.15, 0.2) is 24.5 Å². The molecular weight excluding hydrogens is 345 g/mol. The van der Waals surface area contributed by atoms with Crippen molar-refractivity contribution in [1.82, 2.24) is 9.97 Å². The van der Waals surface area contributed by atoms with Gasteiger partial charge in [0.1, 0.15) is 12.0 Å². The van der Waals surface area contributed by atoms with Gasteiger partial charge in [-0.3, -0.25) is 0 Å².